The molecule has 2 rings (SSSR count). The van der Waals surface area contributed by atoms with E-state index in [1.165, 1.54) is 18.5 Å². The van der Waals surface area contributed by atoms with Gasteiger partial charge in [0.2, 0.25) is 0 Å². The Kier molecular flexibility index (Phi) is 3.16. The molecule has 0 saturated heterocycles. The molecule has 0 spiro atoms. The number of benzene rings is 1. The second kappa shape index (κ2) is 4.49. The average molecular weight is 274 g/mol. The Bertz CT molecular complexity index is 633. The minimum atomic E-state index is -4.74. The van der Waals surface area contributed by atoms with Crippen LogP contribution >= 0.6 is 12.2 Å². The maximum absolute atomic E-state index is 13.1. The zero-order chi connectivity index (χ0) is 13.3. The van der Waals surface area contributed by atoms with E-state index in [0.717, 1.165) is 12.1 Å². The fourth-order valence-corrected chi connectivity index (χ4v) is 1.60. The van der Waals surface area contributed by atoms with Crippen LogP contribution < -0.4 is 0 Å². The Morgan fingerprint density at radius 3 is 2.50 bits per heavy atom. The largest absolute Gasteiger partial charge is 0.419 e. The number of rotatable bonds is 1. The van der Waals surface area contributed by atoms with Crippen LogP contribution in [0.25, 0.3) is 11.3 Å². The van der Waals surface area contributed by atoms with E-state index < -0.39 is 17.6 Å². The minimum absolute atomic E-state index is 0.169. The molecule has 7 heteroatoms. The van der Waals surface area contributed by atoms with Crippen molar-refractivity contribution in [3.8, 4) is 11.3 Å². The van der Waals surface area contributed by atoms with Gasteiger partial charge in [-0.25, -0.2) is 4.39 Å². The highest BCUT2D eigenvalue weighted by molar-refractivity contribution is 7.71. The van der Waals surface area contributed by atoms with Crippen molar-refractivity contribution in [3.63, 3.8) is 0 Å². The second-order valence-electron chi connectivity index (χ2n) is 3.50. The molecule has 0 fully saturated rings. The van der Waals surface area contributed by atoms with E-state index in [4.69, 9.17) is 12.2 Å². The van der Waals surface area contributed by atoms with E-state index in [9.17, 15) is 17.6 Å². The van der Waals surface area contributed by atoms with Crippen LogP contribution in [-0.2, 0) is 6.18 Å². The Balaban J connectivity index is 2.58. The summed E-state index contributed by atoms with van der Waals surface area (Å²) in [6.07, 6.45) is -2.06. The first-order valence-electron chi connectivity index (χ1n) is 4.79. The van der Waals surface area contributed by atoms with Gasteiger partial charge in [-0.15, -0.1) is 0 Å². The average Bonchev–Trinajstić information content (AvgIpc) is 2.28. The molecule has 0 aliphatic carbocycles. The number of aromatic amines is 1. The van der Waals surface area contributed by atoms with Gasteiger partial charge in [-0.05, 0) is 18.2 Å². The molecule has 1 N–H and O–H groups in total. The number of aromatic nitrogens is 2. The molecule has 0 atom stereocenters. The van der Waals surface area contributed by atoms with Gasteiger partial charge in [0.25, 0.3) is 0 Å². The molecule has 0 aliphatic heterocycles. The summed E-state index contributed by atoms with van der Waals surface area (Å²) >= 11 is 4.82. The third kappa shape index (κ3) is 2.56. The molecular formula is C11H6F4N2S. The predicted molar refractivity (Wildman–Crippen MR) is 59.8 cm³/mol. The second-order valence-corrected chi connectivity index (χ2v) is 3.94. The van der Waals surface area contributed by atoms with Crippen molar-refractivity contribution in [3.05, 3.63) is 46.6 Å². The standard InChI is InChI=1S/C11H6F4N2S/c12-8-2-1-6(3-7(8)11(13,14)15)9-4-16-5-10(18)17-9/h1-5H,(H,17,18). The van der Waals surface area contributed by atoms with E-state index in [0.29, 0.717) is 5.69 Å². The lowest BCUT2D eigenvalue weighted by Gasteiger charge is -2.09. The molecule has 2 aromatic rings. The van der Waals surface area contributed by atoms with Gasteiger partial charge in [-0.2, -0.15) is 13.2 Å². The lowest BCUT2D eigenvalue weighted by atomic mass is 10.1. The molecule has 1 aromatic heterocycles. The van der Waals surface area contributed by atoms with Crippen molar-refractivity contribution >= 4 is 12.2 Å². The van der Waals surface area contributed by atoms with E-state index in [2.05, 4.69) is 9.97 Å². The molecule has 1 aromatic carbocycles. The SMILES string of the molecule is Fc1ccc(-c2cncc(=S)[nH]2)cc1C(F)(F)F. The lowest BCUT2D eigenvalue weighted by molar-refractivity contribution is -0.139. The predicted octanol–water partition coefficient (Wildman–Crippen LogP) is 3.96. The molecule has 94 valence electrons. The van der Waals surface area contributed by atoms with Gasteiger partial charge in [-0.3, -0.25) is 4.98 Å². The van der Waals surface area contributed by atoms with Gasteiger partial charge in [0, 0.05) is 5.56 Å². The Hall–Kier alpha value is -1.76. The Labute approximate surface area is 104 Å². The highest BCUT2D eigenvalue weighted by atomic mass is 32.1. The summed E-state index contributed by atoms with van der Waals surface area (Å²) in [7, 11) is 0. The maximum Gasteiger partial charge on any atom is 0.419 e. The molecule has 0 saturated carbocycles. The maximum atomic E-state index is 13.1. The fraction of sp³-hybridized carbons (Fsp3) is 0.0909. The molecule has 0 bridgehead atoms. The molecular weight excluding hydrogens is 268 g/mol. The van der Waals surface area contributed by atoms with Gasteiger partial charge >= 0.3 is 6.18 Å². The quantitative estimate of drug-likeness (QED) is 0.629. The van der Waals surface area contributed by atoms with Crippen molar-refractivity contribution in [2.24, 2.45) is 0 Å². The molecule has 2 nitrogen and oxygen atoms in total. The molecule has 0 aliphatic rings. The summed E-state index contributed by atoms with van der Waals surface area (Å²) in [6.45, 7) is 0. The molecule has 0 amide bonds. The molecule has 0 unspecified atom stereocenters. The van der Waals surface area contributed by atoms with Crippen molar-refractivity contribution in [2.75, 3.05) is 0 Å². The first kappa shape index (κ1) is 12.7. The zero-order valence-corrected chi connectivity index (χ0v) is 9.57. The number of hydrogen-bond acceptors (Lipinski definition) is 2. The van der Waals surface area contributed by atoms with Crippen molar-refractivity contribution in [1.29, 1.82) is 0 Å². The summed E-state index contributed by atoms with van der Waals surface area (Å²) < 4.78 is 51.0. The lowest BCUT2D eigenvalue weighted by Crippen LogP contribution is -2.08. The Morgan fingerprint density at radius 1 is 1.17 bits per heavy atom. The van der Waals surface area contributed by atoms with Crippen LogP contribution in [0.3, 0.4) is 0 Å². The van der Waals surface area contributed by atoms with Gasteiger partial charge in [-0.1, -0.05) is 12.2 Å². The molecule has 18 heavy (non-hydrogen) atoms. The van der Waals surface area contributed by atoms with E-state index >= 15 is 0 Å². The monoisotopic (exact) mass is 274 g/mol. The van der Waals surface area contributed by atoms with Crippen LogP contribution in [0, 0.1) is 10.5 Å². The van der Waals surface area contributed by atoms with Crippen LogP contribution in [0.1, 0.15) is 5.56 Å². The smallest absolute Gasteiger partial charge is 0.344 e. The van der Waals surface area contributed by atoms with Crippen molar-refractivity contribution in [1.82, 2.24) is 9.97 Å². The van der Waals surface area contributed by atoms with Crippen LogP contribution in [0.15, 0.2) is 30.6 Å². The van der Waals surface area contributed by atoms with Crippen LogP contribution in [-0.4, -0.2) is 9.97 Å². The summed E-state index contributed by atoms with van der Waals surface area (Å²) in [6, 6.07) is 2.71. The van der Waals surface area contributed by atoms with Crippen LogP contribution in [0.5, 0.6) is 0 Å². The highest BCUT2D eigenvalue weighted by Crippen LogP contribution is 2.33. The van der Waals surface area contributed by atoms with Gasteiger partial charge in [0.15, 0.2) is 0 Å². The van der Waals surface area contributed by atoms with Gasteiger partial charge in [0.1, 0.15) is 10.5 Å². The highest BCUT2D eigenvalue weighted by Gasteiger charge is 2.34. The van der Waals surface area contributed by atoms with Crippen LogP contribution in [0.2, 0.25) is 0 Å². The van der Waals surface area contributed by atoms with Crippen LogP contribution in [0.4, 0.5) is 17.6 Å². The zero-order valence-electron chi connectivity index (χ0n) is 8.75. The summed E-state index contributed by atoms with van der Waals surface area (Å²) in [5, 5.41) is 0. The number of alkyl halides is 3. The minimum Gasteiger partial charge on any atom is -0.344 e. The number of halogens is 4. The third-order valence-corrected chi connectivity index (χ3v) is 2.44. The van der Waals surface area contributed by atoms with E-state index in [-0.39, 0.29) is 10.2 Å². The number of hydrogen-bond donors (Lipinski definition) is 1. The molecule has 1 heterocycles. The number of nitrogens with zero attached hydrogens (tertiary/aromatic N) is 1. The van der Waals surface area contributed by atoms with Crippen molar-refractivity contribution < 1.29 is 17.6 Å². The number of H-pyrrole nitrogens is 1. The van der Waals surface area contributed by atoms with Crippen molar-refractivity contribution in [2.45, 2.75) is 6.18 Å². The topological polar surface area (TPSA) is 28.7 Å². The van der Waals surface area contributed by atoms with E-state index in [1.807, 2.05) is 0 Å². The number of nitrogens with one attached hydrogen (secondary N) is 1. The first-order valence-corrected chi connectivity index (χ1v) is 5.20. The fourth-order valence-electron chi connectivity index (χ4n) is 1.43. The first-order chi connectivity index (χ1) is 8.38. The van der Waals surface area contributed by atoms with E-state index in [1.54, 1.807) is 0 Å². The van der Waals surface area contributed by atoms with Gasteiger partial charge < -0.3 is 4.98 Å². The van der Waals surface area contributed by atoms with Gasteiger partial charge in [0.05, 0.1) is 23.7 Å². The summed E-state index contributed by atoms with van der Waals surface area (Å²) in [4.78, 5) is 6.45. The molecule has 0 radical (unpaired) electrons. The summed E-state index contributed by atoms with van der Waals surface area (Å²) in [5.41, 5.74) is -0.848. The summed E-state index contributed by atoms with van der Waals surface area (Å²) in [5.74, 6) is -1.31. The Morgan fingerprint density at radius 2 is 1.89 bits per heavy atom. The normalized spacial score (nSPS) is 11.6. The third-order valence-electron chi connectivity index (χ3n) is 2.24.